The lowest BCUT2D eigenvalue weighted by Crippen LogP contribution is -2.41. The van der Waals surface area contributed by atoms with E-state index in [4.69, 9.17) is 9.47 Å². The van der Waals surface area contributed by atoms with Gasteiger partial charge in [0.25, 0.3) is 5.91 Å². The van der Waals surface area contributed by atoms with Crippen molar-refractivity contribution >= 4 is 16.8 Å². The highest BCUT2D eigenvalue weighted by molar-refractivity contribution is 6.06. The summed E-state index contributed by atoms with van der Waals surface area (Å²) in [5.74, 6) is 1.42. The molecule has 1 aromatic heterocycles. The Morgan fingerprint density at radius 1 is 1.15 bits per heavy atom. The first-order valence-electron chi connectivity index (χ1n) is 9.03. The number of likely N-dealkylation sites (N-methyl/N-ethyl adjacent to an activating group) is 1. The molecule has 1 atom stereocenters. The number of fused-ring (bicyclic) bond motifs is 2. The number of para-hydroxylation sites is 2. The molecule has 3 aromatic rings. The van der Waals surface area contributed by atoms with Gasteiger partial charge in [-0.1, -0.05) is 23.8 Å². The monoisotopic (exact) mass is 362 g/mol. The van der Waals surface area contributed by atoms with Gasteiger partial charge in [-0.25, -0.2) is 0 Å². The number of nitrogens with zero attached hydrogens (tertiary/aromatic N) is 2. The zero-order chi connectivity index (χ0) is 19.0. The lowest BCUT2D eigenvalue weighted by atomic mass is 10.0. The van der Waals surface area contributed by atoms with Crippen LogP contribution in [0.3, 0.4) is 0 Å². The van der Waals surface area contributed by atoms with Gasteiger partial charge in [-0.05, 0) is 44.2 Å². The summed E-state index contributed by atoms with van der Waals surface area (Å²) < 4.78 is 11.7. The van der Waals surface area contributed by atoms with Gasteiger partial charge in [0.2, 0.25) is 0 Å². The summed E-state index contributed by atoms with van der Waals surface area (Å²) in [4.78, 5) is 19.4. The van der Waals surface area contributed by atoms with Crippen LogP contribution in [0.4, 0.5) is 0 Å². The van der Waals surface area contributed by atoms with Crippen LogP contribution in [0.5, 0.6) is 11.5 Å². The summed E-state index contributed by atoms with van der Waals surface area (Å²) in [6.07, 6.45) is -0.204. The van der Waals surface area contributed by atoms with E-state index in [-0.39, 0.29) is 12.0 Å². The smallest absolute Gasteiger partial charge is 0.254 e. The summed E-state index contributed by atoms with van der Waals surface area (Å²) in [5, 5.41) is 0.878. The Kier molecular flexibility index (Phi) is 4.44. The van der Waals surface area contributed by atoms with Crippen molar-refractivity contribution in [1.82, 2.24) is 9.88 Å². The minimum atomic E-state index is -0.204. The van der Waals surface area contributed by atoms with Crippen LogP contribution in [0.1, 0.15) is 21.6 Å². The third-order valence-corrected chi connectivity index (χ3v) is 4.71. The molecule has 1 amide bonds. The van der Waals surface area contributed by atoms with Crippen molar-refractivity contribution in [3.05, 3.63) is 65.4 Å². The zero-order valence-corrected chi connectivity index (χ0v) is 15.7. The SMILES string of the molecule is Cc1ccc2nc(C)cc(C(=O)N(C)CC3COc4ccccc4O3)c2c1. The van der Waals surface area contributed by atoms with E-state index in [1.165, 1.54) is 0 Å². The third kappa shape index (κ3) is 3.45. The molecule has 27 heavy (non-hydrogen) atoms. The highest BCUT2D eigenvalue weighted by atomic mass is 16.6. The van der Waals surface area contributed by atoms with Crippen molar-refractivity contribution in [3.8, 4) is 11.5 Å². The molecule has 2 heterocycles. The fraction of sp³-hybridized carbons (Fsp3) is 0.273. The molecule has 1 aliphatic heterocycles. The van der Waals surface area contributed by atoms with Crippen LogP contribution >= 0.6 is 0 Å². The molecule has 0 fully saturated rings. The average molecular weight is 362 g/mol. The molecule has 4 rings (SSSR count). The number of carbonyl (C=O) groups is 1. The number of hydrogen-bond donors (Lipinski definition) is 0. The predicted molar refractivity (Wildman–Crippen MR) is 105 cm³/mol. The van der Waals surface area contributed by atoms with Gasteiger partial charge in [0.05, 0.1) is 17.6 Å². The number of pyridine rings is 1. The van der Waals surface area contributed by atoms with Crippen LogP contribution in [0.2, 0.25) is 0 Å². The largest absolute Gasteiger partial charge is 0.486 e. The highest BCUT2D eigenvalue weighted by Gasteiger charge is 2.25. The van der Waals surface area contributed by atoms with Crippen molar-refractivity contribution in [1.29, 1.82) is 0 Å². The lowest BCUT2D eigenvalue weighted by molar-refractivity contribution is 0.0522. The second kappa shape index (κ2) is 6.91. The Hall–Kier alpha value is -3.08. The summed E-state index contributed by atoms with van der Waals surface area (Å²) in [7, 11) is 1.80. The van der Waals surface area contributed by atoms with Gasteiger partial charge in [-0.15, -0.1) is 0 Å². The number of aromatic nitrogens is 1. The van der Waals surface area contributed by atoms with Gasteiger partial charge in [0.1, 0.15) is 6.61 Å². The number of ether oxygens (including phenoxy) is 2. The molecule has 0 bridgehead atoms. The molecule has 0 saturated carbocycles. The molecule has 0 spiro atoms. The number of aryl methyl sites for hydroxylation is 2. The number of hydrogen-bond acceptors (Lipinski definition) is 4. The zero-order valence-electron chi connectivity index (χ0n) is 15.7. The van der Waals surface area contributed by atoms with Crippen molar-refractivity contribution in [2.45, 2.75) is 20.0 Å². The summed E-state index contributed by atoms with van der Waals surface area (Å²) >= 11 is 0. The maximum absolute atomic E-state index is 13.1. The molecule has 0 N–H and O–H groups in total. The van der Waals surface area contributed by atoms with E-state index in [1.54, 1.807) is 11.9 Å². The van der Waals surface area contributed by atoms with E-state index in [9.17, 15) is 4.79 Å². The van der Waals surface area contributed by atoms with E-state index < -0.39 is 0 Å². The summed E-state index contributed by atoms with van der Waals surface area (Å²) in [6, 6.07) is 15.4. The highest BCUT2D eigenvalue weighted by Crippen LogP contribution is 2.31. The Labute approximate surface area is 158 Å². The number of carbonyl (C=O) groups excluding carboxylic acids is 1. The van der Waals surface area contributed by atoms with Gasteiger partial charge in [-0.2, -0.15) is 0 Å². The van der Waals surface area contributed by atoms with Crippen LogP contribution in [-0.2, 0) is 0 Å². The molecule has 5 heteroatoms. The Morgan fingerprint density at radius 2 is 1.93 bits per heavy atom. The summed E-state index contributed by atoms with van der Waals surface area (Å²) in [6.45, 7) is 4.79. The van der Waals surface area contributed by atoms with Crippen molar-refractivity contribution < 1.29 is 14.3 Å². The van der Waals surface area contributed by atoms with Crippen LogP contribution in [-0.4, -0.2) is 42.1 Å². The van der Waals surface area contributed by atoms with Crippen LogP contribution in [0.15, 0.2) is 48.5 Å². The standard InChI is InChI=1S/C22H22N2O3/c1-14-8-9-19-17(10-14)18(11-15(2)23-19)22(25)24(3)12-16-13-26-20-6-4-5-7-21(20)27-16/h4-11,16H,12-13H2,1-3H3. The topological polar surface area (TPSA) is 51.7 Å². The normalized spacial score (nSPS) is 15.6. The predicted octanol–water partition coefficient (Wildman–Crippen LogP) is 3.76. The van der Waals surface area contributed by atoms with Gasteiger partial charge in [0.15, 0.2) is 17.6 Å². The fourth-order valence-electron chi connectivity index (χ4n) is 3.40. The van der Waals surface area contributed by atoms with Gasteiger partial charge < -0.3 is 14.4 Å². The molecule has 2 aromatic carbocycles. The first-order valence-corrected chi connectivity index (χ1v) is 9.03. The van der Waals surface area contributed by atoms with Crippen LogP contribution in [0, 0.1) is 13.8 Å². The second-order valence-corrected chi connectivity index (χ2v) is 7.02. The molecule has 0 aliphatic carbocycles. The average Bonchev–Trinajstić information content (AvgIpc) is 2.67. The molecular weight excluding hydrogens is 340 g/mol. The van der Waals surface area contributed by atoms with Crippen molar-refractivity contribution in [2.24, 2.45) is 0 Å². The maximum Gasteiger partial charge on any atom is 0.254 e. The van der Waals surface area contributed by atoms with E-state index in [1.807, 2.05) is 62.4 Å². The molecule has 138 valence electrons. The minimum Gasteiger partial charge on any atom is -0.486 e. The Bertz CT molecular complexity index is 1020. The van der Waals surface area contributed by atoms with Crippen molar-refractivity contribution in [3.63, 3.8) is 0 Å². The first-order chi connectivity index (χ1) is 13.0. The summed E-state index contributed by atoms with van der Waals surface area (Å²) in [5.41, 5.74) is 3.43. The minimum absolute atomic E-state index is 0.0430. The first kappa shape index (κ1) is 17.3. The molecular formula is C22H22N2O3. The van der Waals surface area contributed by atoms with Gasteiger partial charge >= 0.3 is 0 Å². The van der Waals surface area contributed by atoms with E-state index in [2.05, 4.69) is 4.98 Å². The molecule has 1 unspecified atom stereocenters. The van der Waals surface area contributed by atoms with Crippen molar-refractivity contribution in [2.75, 3.05) is 20.2 Å². The lowest BCUT2D eigenvalue weighted by Gasteiger charge is -2.29. The second-order valence-electron chi connectivity index (χ2n) is 7.02. The van der Waals surface area contributed by atoms with E-state index >= 15 is 0 Å². The number of amides is 1. The quantitative estimate of drug-likeness (QED) is 0.712. The Morgan fingerprint density at radius 3 is 2.74 bits per heavy atom. The van der Waals surface area contributed by atoms with Gasteiger partial charge in [-0.3, -0.25) is 9.78 Å². The molecule has 1 aliphatic rings. The van der Waals surface area contributed by atoms with Crippen LogP contribution < -0.4 is 9.47 Å². The van der Waals surface area contributed by atoms with Crippen LogP contribution in [0.25, 0.3) is 10.9 Å². The fourth-order valence-corrected chi connectivity index (χ4v) is 3.40. The molecule has 5 nitrogen and oxygen atoms in total. The Balaban J connectivity index is 1.57. The van der Waals surface area contributed by atoms with E-state index in [0.29, 0.717) is 18.7 Å². The molecule has 0 saturated heterocycles. The van der Waals surface area contributed by atoms with E-state index in [0.717, 1.165) is 33.7 Å². The maximum atomic E-state index is 13.1. The number of rotatable bonds is 3. The third-order valence-electron chi connectivity index (χ3n) is 4.71. The molecule has 0 radical (unpaired) electrons. The van der Waals surface area contributed by atoms with Gasteiger partial charge in [0, 0.05) is 18.1 Å². The number of benzene rings is 2.